The lowest BCUT2D eigenvalue weighted by Crippen LogP contribution is -2.32. The van der Waals surface area contributed by atoms with Crippen LogP contribution in [0.4, 0.5) is 11.4 Å². The molecule has 0 fully saturated rings. The maximum Gasteiger partial charge on any atom is 0.270 e. The van der Waals surface area contributed by atoms with Gasteiger partial charge in [-0.1, -0.05) is 12.1 Å². The highest BCUT2D eigenvalue weighted by Crippen LogP contribution is 2.28. The molecule has 0 bridgehead atoms. The summed E-state index contributed by atoms with van der Waals surface area (Å²) in [7, 11) is 0. The molecule has 84 valence electrons. The van der Waals surface area contributed by atoms with Gasteiger partial charge < -0.3 is 0 Å². The lowest BCUT2D eigenvalue weighted by Gasteiger charge is -2.04. The van der Waals surface area contributed by atoms with Crippen molar-refractivity contribution in [1.29, 1.82) is 0 Å². The van der Waals surface area contributed by atoms with E-state index in [0.29, 0.717) is 0 Å². The molecule has 0 saturated heterocycles. The van der Waals surface area contributed by atoms with Crippen LogP contribution in [0.2, 0.25) is 0 Å². The van der Waals surface area contributed by atoms with E-state index >= 15 is 0 Å². The number of nitro benzene ring substituents is 1. The van der Waals surface area contributed by atoms with Crippen LogP contribution in [0.25, 0.3) is 11.1 Å². The molecule has 2 aromatic rings. The molecular formula is C10H4N2O5. The van der Waals surface area contributed by atoms with E-state index in [0.717, 1.165) is 6.07 Å². The van der Waals surface area contributed by atoms with Crippen LogP contribution in [0, 0.1) is 15.0 Å². The summed E-state index contributed by atoms with van der Waals surface area (Å²) in [6.07, 6.45) is 0. The fraction of sp³-hybridized carbons (Fsp3) is 0. The van der Waals surface area contributed by atoms with Crippen molar-refractivity contribution in [3.63, 3.8) is 0 Å². The number of nitroso groups, excluding NO2 is 1. The van der Waals surface area contributed by atoms with Crippen LogP contribution in [0.5, 0.6) is 0 Å². The third kappa shape index (κ3) is 1.53. The molecule has 0 aliphatic heterocycles. The third-order valence-corrected chi connectivity index (χ3v) is 2.32. The number of rotatable bonds is 3. The van der Waals surface area contributed by atoms with Gasteiger partial charge in [0.1, 0.15) is 0 Å². The van der Waals surface area contributed by atoms with Crippen molar-refractivity contribution in [3.05, 3.63) is 59.7 Å². The largest absolute Gasteiger partial charge is 0.285 e. The van der Waals surface area contributed by atoms with Crippen molar-refractivity contribution in [3.8, 4) is 11.1 Å². The van der Waals surface area contributed by atoms with Gasteiger partial charge in [-0.3, -0.25) is 19.7 Å². The maximum atomic E-state index is 11.2. The summed E-state index contributed by atoms with van der Waals surface area (Å²) in [5.74, 6) is 0. The predicted molar refractivity (Wildman–Crippen MR) is 58.9 cm³/mol. The first-order valence-corrected chi connectivity index (χ1v) is 4.47. The van der Waals surface area contributed by atoms with Crippen LogP contribution in [0.15, 0.2) is 39.0 Å². The molecule has 17 heavy (non-hydrogen) atoms. The van der Waals surface area contributed by atoms with Gasteiger partial charge in [0.2, 0.25) is 5.43 Å². The molecule has 0 aromatic heterocycles. The Morgan fingerprint density at radius 3 is 2.47 bits per heavy atom. The topological polar surface area (TPSA) is 107 Å². The predicted octanol–water partition coefficient (Wildman–Crippen LogP) is 1.26. The van der Waals surface area contributed by atoms with Gasteiger partial charge in [-0.2, -0.15) is 0 Å². The average Bonchev–Trinajstić information content (AvgIpc) is 2.34. The zero-order valence-electron chi connectivity index (χ0n) is 8.25. The van der Waals surface area contributed by atoms with E-state index in [4.69, 9.17) is 0 Å². The summed E-state index contributed by atoms with van der Waals surface area (Å²) in [4.78, 5) is 42.4. The van der Waals surface area contributed by atoms with E-state index in [1.54, 1.807) is 0 Å². The third-order valence-electron chi connectivity index (χ3n) is 2.32. The van der Waals surface area contributed by atoms with E-state index in [9.17, 15) is 24.6 Å². The van der Waals surface area contributed by atoms with Gasteiger partial charge >= 0.3 is 0 Å². The molecule has 0 aliphatic carbocycles. The second-order valence-electron chi connectivity index (χ2n) is 3.28. The molecule has 0 heterocycles. The van der Waals surface area contributed by atoms with E-state index in [2.05, 4.69) is 5.18 Å². The molecule has 2 rings (SSSR count). The molecular weight excluding hydrogens is 228 g/mol. The van der Waals surface area contributed by atoms with Crippen molar-refractivity contribution in [2.24, 2.45) is 5.18 Å². The number of hydrogen-bond acceptors (Lipinski definition) is 6. The molecule has 7 nitrogen and oxygen atoms in total. The molecule has 0 amide bonds. The van der Waals surface area contributed by atoms with Crippen LogP contribution in [0.3, 0.4) is 0 Å². The second-order valence-corrected chi connectivity index (χ2v) is 3.28. The molecule has 7 heteroatoms. The Morgan fingerprint density at radius 1 is 1.18 bits per heavy atom. The molecule has 0 saturated carbocycles. The molecule has 2 aromatic carbocycles. The van der Waals surface area contributed by atoms with Gasteiger partial charge in [0, 0.05) is 12.1 Å². The van der Waals surface area contributed by atoms with Gasteiger partial charge in [0.15, 0.2) is 5.69 Å². The van der Waals surface area contributed by atoms with Crippen LogP contribution in [-0.4, -0.2) is 4.92 Å². The van der Waals surface area contributed by atoms with Crippen molar-refractivity contribution in [2.75, 3.05) is 0 Å². The highest BCUT2D eigenvalue weighted by atomic mass is 16.6. The Hall–Kier alpha value is -2.70. The Labute approximate surface area is 93.1 Å². The minimum absolute atomic E-state index is 0.151. The Bertz CT molecular complexity index is 697. The number of benzene rings is 1. The average molecular weight is 232 g/mol. The number of nitro groups is 1. The summed E-state index contributed by atoms with van der Waals surface area (Å²) < 4.78 is 0. The van der Waals surface area contributed by atoms with E-state index < -0.39 is 21.5 Å². The summed E-state index contributed by atoms with van der Waals surface area (Å²) in [6.45, 7) is 0. The molecule has 0 spiro atoms. The van der Waals surface area contributed by atoms with Crippen molar-refractivity contribution >= 4 is 11.4 Å². The molecule has 0 radical (unpaired) electrons. The summed E-state index contributed by atoms with van der Waals surface area (Å²) in [6, 6.07) is 5.12. The Kier molecular flexibility index (Phi) is 2.36. The zero-order chi connectivity index (χ0) is 12.6. The normalized spacial score (nSPS) is 10.4. The van der Waals surface area contributed by atoms with Crippen LogP contribution in [-0.2, 0) is 0 Å². The van der Waals surface area contributed by atoms with Gasteiger partial charge in [-0.05, 0) is 10.7 Å². The van der Waals surface area contributed by atoms with Gasteiger partial charge in [-0.25, -0.2) is 0 Å². The first-order chi connectivity index (χ1) is 8.06. The monoisotopic (exact) mass is 232 g/mol. The zero-order valence-corrected chi connectivity index (χ0v) is 8.25. The van der Waals surface area contributed by atoms with Gasteiger partial charge in [-0.15, -0.1) is 4.91 Å². The van der Waals surface area contributed by atoms with Crippen molar-refractivity contribution in [1.82, 2.24) is 0 Å². The highest BCUT2D eigenvalue weighted by Gasteiger charge is 2.24. The second kappa shape index (κ2) is 3.71. The maximum absolute atomic E-state index is 11.2. The van der Waals surface area contributed by atoms with Gasteiger partial charge in [0.25, 0.3) is 11.1 Å². The van der Waals surface area contributed by atoms with Gasteiger partial charge in [0.05, 0.1) is 10.5 Å². The minimum Gasteiger partial charge on any atom is -0.285 e. The van der Waals surface area contributed by atoms with Crippen LogP contribution in [0.1, 0.15) is 0 Å². The SMILES string of the molecule is O=Nc1c(-c2cccc([N+](=O)[O-])c2)c(=O)c1=O. The molecule has 0 N–H and O–H groups in total. The summed E-state index contributed by atoms with van der Waals surface area (Å²) in [5.41, 5.74) is -2.52. The minimum atomic E-state index is -0.957. The molecule has 0 aliphatic rings. The molecule has 0 atom stereocenters. The first kappa shape index (κ1) is 10.8. The van der Waals surface area contributed by atoms with Crippen LogP contribution >= 0.6 is 0 Å². The Morgan fingerprint density at radius 2 is 1.88 bits per heavy atom. The van der Waals surface area contributed by atoms with Crippen LogP contribution < -0.4 is 10.9 Å². The standard InChI is InChI=1S/C10H4N2O5/c13-9-7(8(11-15)10(9)14)5-2-1-3-6(4-5)12(16)17/h1-4H. The lowest BCUT2D eigenvalue weighted by molar-refractivity contribution is -0.384. The number of hydrogen-bond donors (Lipinski definition) is 0. The van der Waals surface area contributed by atoms with E-state index in [1.807, 2.05) is 0 Å². The van der Waals surface area contributed by atoms with Crippen molar-refractivity contribution in [2.45, 2.75) is 0 Å². The van der Waals surface area contributed by atoms with E-state index in [-0.39, 0.29) is 16.8 Å². The highest BCUT2D eigenvalue weighted by molar-refractivity contribution is 5.80. The fourth-order valence-electron chi connectivity index (χ4n) is 1.51. The Balaban J connectivity index is 2.62. The molecule has 0 unspecified atom stereocenters. The van der Waals surface area contributed by atoms with E-state index in [1.165, 1.54) is 18.2 Å². The summed E-state index contributed by atoms with van der Waals surface area (Å²) >= 11 is 0. The lowest BCUT2D eigenvalue weighted by atomic mass is 9.99. The quantitative estimate of drug-likeness (QED) is 0.342. The summed E-state index contributed by atoms with van der Waals surface area (Å²) in [5, 5.41) is 13.0. The smallest absolute Gasteiger partial charge is 0.270 e. The first-order valence-electron chi connectivity index (χ1n) is 4.47. The number of nitrogens with zero attached hydrogens (tertiary/aromatic N) is 2. The number of non-ortho nitro benzene ring substituents is 1. The fourth-order valence-corrected chi connectivity index (χ4v) is 1.51. The van der Waals surface area contributed by atoms with Crippen molar-refractivity contribution < 1.29 is 4.92 Å².